The van der Waals surface area contributed by atoms with E-state index in [2.05, 4.69) is 38.4 Å². The summed E-state index contributed by atoms with van der Waals surface area (Å²) in [6.45, 7) is 0.725. The first kappa shape index (κ1) is 17.2. The number of carbonyl (C=O) groups excluding carboxylic acids is 1. The van der Waals surface area contributed by atoms with Crippen molar-refractivity contribution >= 4 is 33.3 Å². The Kier molecular flexibility index (Phi) is 5.46. The number of para-hydroxylation sites is 1. The van der Waals surface area contributed by atoms with E-state index in [0.717, 1.165) is 22.5 Å². The van der Waals surface area contributed by atoms with Crippen LogP contribution in [0.3, 0.4) is 0 Å². The van der Waals surface area contributed by atoms with Crippen LogP contribution in [0.1, 0.15) is 15.9 Å². The molecule has 0 radical (unpaired) electrons. The molecule has 3 aromatic rings. The molecule has 2 aromatic carbocycles. The zero-order chi connectivity index (χ0) is 17.6. The third-order valence-electron chi connectivity index (χ3n) is 3.78. The summed E-state index contributed by atoms with van der Waals surface area (Å²) in [4.78, 5) is 18.9. The molecule has 5 heteroatoms. The molecule has 1 aromatic heterocycles. The van der Waals surface area contributed by atoms with Crippen molar-refractivity contribution in [2.24, 2.45) is 0 Å². The number of rotatable bonds is 5. The van der Waals surface area contributed by atoms with Gasteiger partial charge < -0.3 is 10.2 Å². The van der Waals surface area contributed by atoms with Crippen LogP contribution in [-0.2, 0) is 6.54 Å². The van der Waals surface area contributed by atoms with Crippen molar-refractivity contribution in [1.29, 1.82) is 0 Å². The van der Waals surface area contributed by atoms with Crippen LogP contribution >= 0.6 is 15.9 Å². The Bertz CT molecular complexity index is 868. The topological polar surface area (TPSA) is 45.2 Å². The highest BCUT2D eigenvalue weighted by Gasteiger charge is 2.11. The highest BCUT2D eigenvalue weighted by atomic mass is 79.9. The summed E-state index contributed by atoms with van der Waals surface area (Å²) in [7, 11) is 1.96. The van der Waals surface area contributed by atoms with Crippen LogP contribution in [-0.4, -0.2) is 17.9 Å². The molecule has 0 unspecified atom stereocenters. The lowest BCUT2D eigenvalue weighted by molar-refractivity contribution is 0.102. The zero-order valence-corrected chi connectivity index (χ0v) is 15.4. The number of hydrogen-bond donors (Lipinski definition) is 1. The monoisotopic (exact) mass is 395 g/mol. The van der Waals surface area contributed by atoms with E-state index >= 15 is 0 Å². The molecule has 3 rings (SSSR count). The molecule has 25 heavy (non-hydrogen) atoms. The Balaban J connectivity index is 1.74. The quantitative estimate of drug-likeness (QED) is 0.678. The fourth-order valence-corrected chi connectivity index (χ4v) is 2.85. The van der Waals surface area contributed by atoms with E-state index in [4.69, 9.17) is 0 Å². The summed E-state index contributed by atoms with van der Waals surface area (Å²) in [5.74, 6) is 0.590. The van der Waals surface area contributed by atoms with E-state index < -0.39 is 0 Å². The number of hydrogen-bond acceptors (Lipinski definition) is 3. The standard InChI is InChI=1S/C20H18BrN3O/c1-24(14-15-7-3-2-4-8-15)19-13-16(11-12-22-19)20(25)23-18-10-6-5-9-17(18)21/h2-13H,14H2,1H3,(H,23,25). The van der Waals surface area contributed by atoms with Crippen molar-refractivity contribution in [1.82, 2.24) is 4.98 Å². The first-order valence-electron chi connectivity index (χ1n) is 7.90. The largest absolute Gasteiger partial charge is 0.355 e. The Morgan fingerprint density at radius 1 is 1.08 bits per heavy atom. The molecule has 126 valence electrons. The van der Waals surface area contributed by atoms with Crippen molar-refractivity contribution in [2.75, 3.05) is 17.3 Å². The summed E-state index contributed by atoms with van der Waals surface area (Å²) < 4.78 is 0.846. The highest BCUT2D eigenvalue weighted by Crippen LogP contribution is 2.22. The van der Waals surface area contributed by atoms with Crippen LogP contribution in [0.5, 0.6) is 0 Å². The minimum Gasteiger partial charge on any atom is -0.355 e. The highest BCUT2D eigenvalue weighted by molar-refractivity contribution is 9.10. The maximum atomic E-state index is 12.5. The van der Waals surface area contributed by atoms with Gasteiger partial charge in [0.05, 0.1) is 5.69 Å². The van der Waals surface area contributed by atoms with Gasteiger partial charge in [-0.25, -0.2) is 4.98 Å². The number of nitrogens with one attached hydrogen (secondary N) is 1. The molecule has 0 fully saturated rings. The van der Waals surface area contributed by atoms with E-state index in [1.54, 1.807) is 18.3 Å². The molecule has 0 saturated carbocycles. The van der Waals surface area contributed by atoms with Gasteiger partial charge in [-0.3, -0.25) is 4.79 Å². The van der Waals surface area contributed by atoms with Gasteiger partial charge in [-0.1, -0.05) is 42.5 Å². The molecule has 1 amide bonds. The molecule has 1 heterocycles. The number of anilines is 2. The summed E-state index contributed by atoms with van der Waals surface area (Å²) in [5.41, 5.74) is 2.50. The Morgan fingerprint density at radius 3 is 2.56 bits per heavy atom. The average Bonchev–Trinajstić information content (AvgIpc) is 2.64. The van der Waals surface area contributed by atoms with E-state index in [1.807, 2.05) is 54.4 Å². The summed E-state index contributed by atoms with van der Waals surface area (Å²) >= 11 is 3.44. The maximum Gasteiger partial charge on any atom is 0.255 e. The Morgan fingerprint density at radius 2 is 1.80 bits per heavy atom. The third kappa shape index (κ3) is 4.45. The smallest absolute Gasteiger partial charge is 0.255 e. The van der Waals surface area contributed by atoms with Gasteiger partial charge >= 0.3 is 0 Å². The van der Waals surface area contributed by atoms with Crippen LogP contribution < -0.4 is 10.2 Å². The second-order valence-electron chi connectivity index (χ2n) is 5.68. The van der Waals surface area contributed by atoms with E-state index in [9.17, 15) is 4.79 Å². The van der Waals surface area contributed by atoms with Gasteiger partial charge in [-0.2, -0.15) is 0 Å². The molecule has 4 nitrogen and oxygen atoms in total. The molecule has 0 aliphatic heterocycles. The van der Waals surface area contributed by atoms with Crippen molar-refractivity contribution in [2.45, 2.75) is 6.54 Å². The predicted molar refractivity (Wildman–Crippen MR) is 105 cm³/mol. The van der Waals surface area contributed by atoms with Gasteiger partial charge in [0, 0.05) is 29.8 Å². The van der Waals surface area contributed by atoms with Gasteiger partial charge in [0.15, 0.2) is 0 Å². The predicted octanol–water partition coefficient (Wildman–Crippen LogP) is 4.73. The van der Waals surface area contributed by atoms with Crippen molar-refractivity contribution < 1.29 is 4.79 Å². The number of pyridine rings is 1. The number of halogens is 1. The first-order valence-corrected chi connectivity index (χ1v) is 8.70. The van der Waals surface area contributed by atoms with E-state index in [0.29, 0.717) is 5.56 Å². The molecule has 0 saturated heterocycles. The minimum absolute atomic E-state index is 0.163. The first-order chi connectivity index (χ1) is 12.1. The lowest BCUT2D eigenvalue weighted by Gasteiger charge is -2.19. The fraction of sp³-hybridized carbons (Fsp3) is 0.100. The number of amides is 1. The molecule has 0 aliphatic rings. The van der Waals surface area contributed by atoms with Gasteiger partial charge in [0.1, 0.15) is 5.82 Å². The Hall–Kier alpha value is -2.66. The molecule has 0 spiro atoms. The van der Waals surface area contributed by atoms with E-state index in [1.165, 1.54) is 5.56 Å². The average molecular weight is 396 g/mol. The summed E-state index contributed by atoms with van der Waals surface area (Å²) in [6, 6.07) is 21.2. The van der Waals surface area contributed by atoms with Crippen molar-refractivity contribution in [3.8, 4) is 0 Å². The molecule has 0 atom stereocenters. The van der Waals surface area contributed by atoms with Gasteiger partial charge in [-0.15, -0.1) is 0 Å². The normalized spacial score (nSPS) is 10.3. The second kappa shape index (κ2) is 7.94. The number of nitrogens with zero attached hydrogens (tertiary/aromatic N) is 2. The lowest BCUT2D eigenvalue weighted by Crippen LogP contribution is -2.19. The fourth-order valence-electron chi connectivity index (χ4n) is 2.46. The number of aromatic nitrogens is 1. The summed E-state index contributed by atoms with van der Waals surface area (Å²) in [6.07, 6.45) is 1.66. The van der Waals surface area contributed by atoms with Crippen LogP contribution in [0.4, 0.5) is 11.5 Å². The molecular formula is C20H18BrN3O. The van der Waals surface area contributed by atoms with Crippen LogP contribution in [0, 0.1) is 0 Å². The Labute approximate surface area is 155 Å². The SMILES string of the molecule is CN(Cc1ccccc1)c1cc(C(=O)Nc2ccccc2Br)ccn1. The van der Waals surface area contributed by atoms with Crippen LogP contribution in [0.2, 0.25) is 0 Å². The number of benzene rings is 2. The summed E-state index contributed by atoms with van der Waals surface area (Å²) in [5, 5.41) is 2.91. The molecule has 0 bridgehead atoms. The van der Waals surface area contributed by atoms with Crippen LogP contribution in [0.15, 0.2) is 77.4 Å². The van der Waals surface area contributed by atoms with Crippen molar-refractivity contribution in [3.05, 3.63) is 88.5 Å². The van der Waals surface area contributed by atoms with Gasteiger partial charge in [0.25, 0.3) is 5.91 Å². The number of carbonyl (C=O) groups is 1. The maximum absolute atomic E-state index is 12.5. The molecular weight excluding hydrogens is 378 g/mol. The van der Waals surface area contributed by atoms with Crippen molar-refractivity contribution in [3.63, 3.8) is 0 Å². The lowest BCUT2D eigenvalue weighted by atomic mass is 10.2. The van der Waals surface area contributed by atoms with E-state index in [-0.39, 0.29) is 5.91 Å². The molecule has 1 N–H and O–H groups in total. The van der Waals surface area contributed by atoms with Gasteiger partial charge in [-0.05, 0) is 45.8 Å². The van der Waals surface area contributed by atoms with Gasteiger partial charge in [0.2, 0.25) is 0 Å². The zero-order valence-electron chi connectivity index (χ0n) is 13.8. The minimum atomic E-state index is -0.163. The second-order valence-corrected chi connectivity index (χ2v) is 6.53. The van der Waals surface area contributed by atoms with Crippen LogP contribution in [0.25, 0.3) is 0 Å². The molecule has 0 aliphatic carbocycles. The third-order valence-corrected chi connectivity index (χ3v) is 4.47.